The standard InChI is InChI=1S/C15H29N5/c1-5-9-13-18-14(16-6-2)12-15(19-13)17-10-7-8-11-20(3)4/h12H,5-11H2,1-4H3,(H2,16,17,18,19). The number of nitrogens with one attached hydrogen (secondary N) is 2. The normalized spacial score (nSPS) is 10.8. The van der Waals surface area contributed by atoms with Crippen LogP contribution in [0, 0.1) is 0 Å². The van der Waals surface area contributed by atoms with E-state index in [1.807, 2.05) is 6.07 Å². The van der Waals surface area contributed by atoms with Crippen LogP contribution in [0.25, 0.3) is 0 Å². The summed E-state index contributed by atoms with van der Waals surface area (Å²) in [6, 6.07) is 1.99. The molecule has 0 atom stereocenters. The first kappa shape index (κ1) is 16.7. The fourth-order valence-corrected chi connectivity index (χ4v) is 1.96. The molecule has 114 valence electrons. The zero-order chi connectivity index (χ0) is 14.8. The first-order valence-electron chi connectivity index (χ1n) is 7.66. The minimum atomic E-state index is 0.880. The van der Waals surface area contributed by atoms with Crippen molar-refractivity contribution in [3.63, 3.8) is 0 Å². The molecular formula is C15H29N5. The summed E-state index contributed by atoms with van der Waals surface area (Å²) in [6.07, 6.45) is 4.35. The lowest BCUT2D eigenvalue weighted by atomic mass is 10.3. The van der Waals surface area contributed by atoms with Gasteiger partial charge in [-0.05, 0) is 46.8 Å². The lowest BCUT2D eigenvalue weighted by molar-refractivity contribution is 0.396. The highest BCUT2D eigenvalue weighted by molar-refractivity contribution is 5.47. The summed E-state index contributed by atoms with van der Waals surface area (Å²) >= 11 is 0. The highest BCUT2D eigenvalue weighted by Gasteiger charge is 2.03. The number of rotatable bonds is 10. The number of hydrogen-bond donors (Lipinski definition) is 2. The second-order valence-electron chi connectivity index (χ2n) is 5.27. The average Bonchev–Trinajstić information content (AvgIpc) is 2.38. The molecule has 5 nitrogen and oxygen atoms in total. The van der Waals surface area contributed by atoms with Crippen molar-refractivity contribution in [3.05, 3.63) is 11.9 Å². The summed E-state index contributed by atoms with van der Waals surface area (Å²) < 4.78 is 0. The molecule has 0 radical (unpaired) electrons. The summed E-state index contributed by atoms with van der Waals surface area (Å²) in [5, 5.41) is 6.67. The summed E-state index contributed by atoms with van der Waals surface area (Å²) in [7, 11) is 4.22. The Morgan fingerprint density at radius 1 is 1.05 bits per heavy atom. The first-order chi connectivity index (χ1) is 9.65. The third-order valence-electron chi connectivity index (χ3n) is 2.94. The molecule has 0 saturated carbocycles. The lowest BCUT2D eigenvalue weighted by Crippen LogP contribution is -2.14. The molecule has 0 aliphatic carbocycles. The minimum absolute atomic E-state index is 0.880. The Bertz CT molecular complexity index is 354. The van der Waals surface area contributed by atoms with Crippen LogP contribution in [-0.4, -0.2) is 48.6 Å². The van der Waals surface area contributed by atoms with Gasteiger partial charge in [-0.1, -0.05) is 6.92 Å². The first-order valence-corrected chi connectivity index (χ1v) is 7.66. The summed E-state index contributed by atoms with van der Waals surface area (Å²) in [5.41, 5.74) is 0. The maximum Gasteiger partial charge on any atom is 0.133 e. The van der Waals surface area contributed by atoms with Gasteiger partial charge in [0.25, 0.3) is 0 Å². The molecule has 20 heavy (non-hydrogen) atoms. The number of aromatic nitrogens is 2. The monoisotopic (exact) mass is 279 g/mol. The van der Waals surface area contributed by atoms with Crippen molar-refractivity contribution >= 4 is 11.6 Å². The Labute approximate surface area is 123 Å². The SMILES string of the molecule is CCCc1nc(NCC)cc(NCCCCN(C)C)n1. The van der Waals surface area contributed by atoms with E-state index in [2.05, 4.69) is 53.4 Å². The van der Waals surface area contributed by atoms with Gasteiger partial charge in [-0.15, -0.1) is 0 Å². The van der Waals surface area contributed by atoms with Crippen LogP contribution in [0.5, 0.6) is 0 Å². The van der Waals surface area contributed by atoms with Gasteiger partial charge in [-0.2, -0.15) is 0 Å². The van der Waals surface area contributed by atoms with Crippen LogP contribution in [0.1, 0.15) is 38.9 Å². The second-order valence-corrected chi connectivity index (χ2v) is 5.27. The number of aryl methyl sites for hydroxylation is 1. The highest BCUT2D eigenvalue weighted by Crippen LogP contribution is 2.12. The maximum atomic E-state index is 4.57. The Hall–Kier alpha value is -1.36. The summed E-state index contributed by atoms with van der Waals surface area (Å²) in [6.45, 7) is 7.20. The smallest absolute Gasteiger partial charge is 0.133 e. The molecule has 0 aliphatic rings. The Morgan fingerprint density at radius 2 is 1.75 bits per heavy atom. The van der Waals surface area contributed by atoms with E-state index in [1.165, 1.54) is 6.42 Å². The Kier molecular flexibility index (Phi) is 7.95. The molecule has 1 aromatic heterocycles. The molecule has 0 aliphatic heterocycles. The second kappa shape index (κ2) is 9.53. The van der Waals surface area contributed by atoms with Crippen LogP contribution in [0.4, 0.5) is 11.6 Å². The molecule has 0 aromatic carbocycles. The molecule has 0 saturated heterocycles. The molecule has 0 amide bonds. The van der Waals surface area contributed by atoms with Crippen LogP contribution in [0.15, 0.2) is 6.07 Å². The van der Waals surface area contributed by atoms with Gasteiger partial charge in [0.15, 0.2) is 0 Å². The maximum absolute atomic E-state index is 4.57. The van der Waals surface area contributed by atoms with Gasteiger partial charge in [0, 0.05) is 25.6 Å². The average molecular weight is 279 g/mol. The molecule has 1 rings (SSSR count). The van der Waals surface area contributed by atoms with Gasteiger partial charge < -0.3 is 15.5 Å². The van der Waals surface area contributed by atoms with Crippen LogP contribution < -0.4 is 10.6 Å². The van der Waals surface area contributed by atoms with Gasteiger partial charge in [0.05, 0.1) is 0 Å². The van der Waals surface area contributed by atoms with Crippen LogP contribution in [0.3, 0.4) is 0 Å². The fraction of sp³-hybridized carbons (Fsp3) is 0.733. The zero-order valence-corrected chi connectivity index (χ0v) is 13.4. The van der Waals surface area contributed by atoms with Gasteiger partial charge in [-0.25, -0.2) is 9.97 Å². The molecule has 5 heteroatoms. The van der Waals surface area contributed by atoms with E-state index in [9.17, 15) is 0 Å². The molecule has 0 fully saturated rings. The van der Waals surface area contributed by atoms with Crippen molar-refractivity contribution in [2.24, 2.45) is 0 Å². The molecular weight excluding hydrogens is 250 g/mol. The number of hydrogen-bond acceptors (Lipinski definition) is 5. The Morgan fingerprint density at radius 3 is 2.35 bits per heavy atom. The van der Waals surface area contributed by atoms with Crippen molar-refractivity contribution in [2.75, 3.05) is 44.4 Å². The zero-order valence-electron chi connectivity index (χ0n) is 13.4. The van der Waals surface area contributed by atoms with Gasteiger partial charge in [-0.3, -0.25) is 0 Å². The Balaban J connectivity index is 2.50. The van der Waals surface area contributed by atoms with Crippen molar-refractivity contribution in [3.8, 4) is 0 Å². The van der Waals surface area contributed by atoms with E-state index in [0.29, 0.717) is 0 Å². The molecule has 1 aromatic rings. The van der Waals surface area contributed by atoms with Gasteiger partial charge in [0.1, 0.15) is 17.5 Å². The van der Waals surface area contributed by atoms with Gasteiger partial charge >= 0.3 is 0 Å². The quantitative estimate of drug-likeness (QED) is 0.645. The third-order valence-corrected chi connectivity index (χ3v) is 2.94. The van der Waals surface area contributed by atoms with Crippen molar-refractivity contribution in [1.29, 1.82) is 0 Å². The van der Waals surface area contributed by atoms with Crippen LogP contribution in [-0.2, 0) is 6.42 Å². The number of unbranched alkanes of at least 4 members (excludes halogenated alkanes) is 1. The predicted octanol–water partition coefficient (Wildman–Crippen LogP) is 2.61. The topological polar surface area (TPSA) is 53.1 Å². The highest BCUT2D eigenvalue weighted by atomic mass is 15.1. The molecule has 0 unspecified atom stereocenters. The minimum Gasteiger partial charge on any atom is -0.370 e. The van der Waals surface area contributed by atoms with Crippen LogP contribution in [0.2, 0.25) is 0 Å². The van der Waals surface area contributed by atoms with Crippen molar-refractivity contribution < 1.29 is 0 Å². The largest absolute Gasteiger partial charge is 0.370 e. The molecule has 2 N–H and O–H groups in total. The van der Waals surface area contributed by atoms with E-state index >= 15 is 0 Å². The van der Waals surface area contributed by atoms with Gasteiger partial charge in [0.2, 0.25) is 0 Å². The van der Waals surface area contributed by atoms with Crippen LogP contribution >= 0.6 is 0 Å². The molecule has 1 heterocycles. The van der Waals surface area contributed by atoms with Crippen molar-refractivity contribution in [2.45, 2.75) is 39.5 Å². The fourth-order valence-electron chi connectivity index (χ4n) is 1.96. The van der Waals surface area contributed by atoms with E-state index < -0.39 is 0 Å². The van der Waals surface area contributed by atoms with E-state index in [-0.39, 0.29) is 0 Å². The van der Waals surface area contributed by atoms with E-state index in [1.54, 1.807) is 0 Å². The van der Waals surface area contributed by atoms with E-state index in [0.717, 1.165) is 56.4 Å². The number of nitrogens with zero attached hydrogens (tertiary/aromatic N) is 3. The number of anilines is 2. The third kappa shape index (κ3) is 6.70. The summed E-state index contributed by atoms with van der Waals surface area (Å²) in [5.74, 6) is 2.77. The lowest BCUT2D eigenvalue weighted by Gasteiger charge is -2.11. The molecule has 0 bridgehead atoms. The van der Waals surface area contributed by atoms with Crippen molar-refractivity contribution in [1.82, 2.24) is 14.9 Å². The van der Waals surface area contributed by atoms with E-state index in [4.69, 9.17) is 0 Å². The predicted molar refractivity (Wildman–Crippen MR) is 86.5 cm³/mol. The molecule has 0 spiro atoms. The summed E-state index contributed by atoms with van der Waals surface area (Å²) in [4.78, 5) is 11.3.